The molecule has 0 amide bonds. The molecule has 2 aromatic rings. The van der Waals surface area contributed by atoms with Crippen LogP contribution in [0.1, 0.15) is 19.4 Å². The molecule has 5 nitrogen and oxygen atoms in total. The third-order valence-corrected chi connectivity index (χ3v) is 4.80. The lowest BCUT2D eigenvalue weighted by Crippen LogP contribution is -2.32. The van der Waals surface area contributed by atoms with Gasteiger partial charge < -0.3 is 18.9 Å². The van der Waals surface area contributed by atoms with Crippen LogP contribution in [0.3, 0.4) is 0 Å². The lowest BCUT2D eigenvalue weighted by atomic mass is 10.0. The summed E-state index contributed by atoms with van der Waals surface area (Å²) < 4.78 is 22.4. The molecule has 0 radical (unpaired) electrons. The Balaban J connectivity index is 2.07. The highest BCUT2D eigenvalue weighted by atomic mass is 16.5. The highest BCUT2D eigenvalue weighted by Gasteiger charge is 2.22. The molecule has 0 spiro atoms. The Kier molecular flexibility index (Phi) is 5.57. The Labute approximate surface area is 155 Å². The Morgan fingerprint density at radius 3 is 2.23 bits per heavy atom. The van der Waals surface area contributed by atoms with Crippen molar-refractivity contribution in [2.75, 3.05) is 34.5 Å². The van der Waals surface area contributed by atoms with Gasteiger partial charge in [0.05, 0.1) is 21.3 Å². The van der Waals surface area contributed by atoms with Gasteiger partial charge in [-0.25, -0.2) is 0 Å². The summed E-state index contributed by atoms with van der Waals surface area (Å²) in [5.41, 5.74) is 3.25. The van der Waals surface area contributed by atoms with Crippen LogP contribution in [0.2, 0.25) is 0 Å². The summed E-state index contributed by atoms with van der Waals surface area (Å²) in [6, 6.07) is 10.6. The van der Waals surface area contributed by atoms with E-state index in [-0.39, 0.29) is 0 Å². The van der Waals surface area contributed by atoms with Crippen LogP contribution in [0.25, 0.3) is 11.1 Å². The highest BCUT2D eigenvalue weighted by molar-refractivity contribution is 5.71. The fourth-order valence-electron chi connectivity index (χ4n) is 3.28. The van der Waals surface area contributed by atoms with Crippen LogP contribution in [0.4, 0.5) is 0 Å². The van der Waals surface area contributed by atoms with Gasteiger partial charge in [0.15, 0.2) is 23.0 Å². The number of nitrogens with zero attached hydrogens (tertiary/aromatic N) is 1. The number of benzene rings is 2. The molecule has 3 rings (SSSR count). The minimum Gasteiger partial charge on any atom is -0.493 e. The summed E-state index contributed by atoms with van der Waals surface area (Å²) in [5.74, 6) is 3.03. The lowest BCUT2D eigenvalue weighted by Gasteiger charge is -2.23. The maximum absolute atomic E-state index is 6.01. The number of methoxy groups -OCH3 is 3. The van der Waals surface area contributed by atoms with Gasteiger partial charge in [0.2, 0.25) is 0 Å². The number of hydrogen-bond acceptors (Lipinski definition) is 5. The normalized spacial score (nSPS) is 14.4. The van der Waals surface area contributed by atoms with Crippen molar-refractivity contribution >= 4 is 0 Å². The monoisotopic (exact) mass is 357 g/mol. The van der Waals surface area contributed by atoms with Gasteiger partial charge in [-0.2, -0.15) is 0 Å². The molecule has 0 aromatic heterocycles. The number of hydrogen-bond donors (Lipinski definition) is 0. The molecule has 0 atom stereocenters. The van der Waals surface area contributed by atoms with Gasteiger partial charge in [-0.1, -0.05) is 6.07 Å². The first-order valence-corrected chi connectivity index (χ1v) is 8.87. The lowest BCUT2D eigenvalue weighted by molar-refractivity contribution is 0.187. The van der Waals surface area contributed by atoms with Crippen molar-refractivity contribution in [3.63, 3.8) is 0 Å². The third-order valence-electron chi connectivity index (χ3n) is 4.80. The van der Waals surface area contributed by atoms with Crippen molar-refractivity contribution in [1.29, 1.82) is 0 Å². The van der Waals surface area contributed by atoms with Gasteiger partial charge >= 0.3 is 0 Å². The van der Waals surface area contributed by atoms with Crippen LogP contribution in [0.15, 0.2) is 30.3 Å². The standard InChI is InChI=1S/C21H27NO4/c1-14(2)22-8-9-26-21-17(13-22)10-16(12-20(21)25-5)15-6-7-18(23-3)19(11-15)24-4/h6-7,10-12,14H,8-9,13H2,1-5H3. The molecule has 0 saturated carbocycles. The molecule has 0 fully saturated rings. The molecule has 0 N–H and O–H groups in total. The van der Waals surface area contributed by atoms with Crippen LogP contribution < -0.4 is 18.9 Å². The second kappa shape index (κ2) is 7.87. The first-order chi connectivity index (χ1) is 12.6. The molecule has 5 heteroatoms. The van der Waals surface area contributed by atoms with Gasteiger partial charge in [0.25, 0.3) is 0 Å². The van der Waals surface area contributed by atoms with E-state index < -0.39 is 0 Å². The molecule has 1 heterocycles. The Hall–Kier alpha value is -2.40. The predicted molar refractivity (Wildman–Crippen MR) is 103 cm³/mol. The van der Waals surface area contributed by atoms with Crippen molar-refractivity contribution in [1.82, 2.24) is 4.90 Å². The fraction of sp³-hybridized carbons (Fsp3) is 0.429. The molecule has 140 valence electrons. The van der Waals surface area contributed by atoms with Crippen LogP contribution in [-0.4, -0.2) is 45.4 Å². The van der Waals surface area contributed by atoms with E-state index in [1.807, 2.05) is 24.3 Å². The smallest absolute Gasteiger partial charge is 0.165 e. The summed E-state index contributed by atoms with van der Waals surface area (Å²) >= 11 is 0. The third kappa shape index (κ3) is 3.58. The molecule has 26 heavy (non-hydrogen) atoms. The van der Waals surface area contributed by atoms with E-state index in [0.717, 1.165) is 41.3 Å². The number of fused-ring (bicyclic) bond motifs is 1. The van der Waals surface area contributed by atoms with Crippen LogP contribution in [-0.2, 0) is 6.54 Å². The quantitative estimate of drug-likeness (QED) is 0.809. The Morgan fingerprint density at radius 1 is 0.885 bits per heavy atom. The minimum atomic E-state index is 0.459. The van der Waals surface area contributed by atoms with Gasteiger partial charge in [0.1, 0.15) is 6.61 Å². The second-order valence-corrected chi connectivity index (χ2v) is 6.65. The molecule has 1 aliphatic heterocycles. The van der Waals surface area contributed by atoms with Crippen molar-refractivity contribution in [2.24, 2.45) is 0 Å². The zero-order chi connectivity index (χ0) is 18.7. The van der Waals surface area contributed by atoms with E-state index in [1.165, 1.54) is 0 Å². The van der Waals surface area contributed by atoms with Crippen molar-refractivity contribution < 1.29 is 18.9 Å². The zero-order valence-electron chi connectivity index (χ0n) is 16.2. The molecular formula is C21H27NO4. The second-order valence-electron chi connectivity index (χ2n) is 6.65. The largest absolute Gasteiger partial charge is 0.493 e. The molecule has 0 aliphatic carbocycles. The van der Waals surface area contributed by atoms with Gasteiger partial charge in [-0.05, 0) is 49.2 Å². The van der Waals surface area contributed by atoms with E-state index in [4.69, 9.17) is 18.9 Å². The summed E-state index contributed by atoms with van der Waals surface area (Å²) in [6.45, 7) is 6.82. The molecule has 0 saturated heterocycles. The summed E-state index contributed by atoms with van der Waals surface area (Å²) in [6.07, 6.45) is 0. The van der Waals surface area contributed by atoms with Crippen molar-refractivity contribution in [3.05, 3.63) is 35.9 Å². The van der Waals surface area contributed by atoms with Gasteiger partial charge in [0, 0.05) is 24.7 Å². The van der Waals surface area contributed by atoms with E-state index in [2.05, 4.69) is 24.8 Å². The minimum absolute atomic E-state index is 0.459. The Morgan fingerprint density at radius 2 is 1.58 bits per heavy atom. The average Bonchev–Trinajstić information content (AvgIpc) is 2.89. The topological polar surface area (TPSA) is 40.2 Å². The van der Waals surface area contributed by atoms with E-state index in [9.17, 15) is 0 Å². The SMILES string of the molecule is COc1ccc(-c2cc3c(c(OC)c2)OCCN(C(C)C)C3)cc1OC. The molecule has 0 bridgehead atoms. The average molecular weight is 357 g/mol. The zero-order valence-corrected chi connectivity index (χ0v) is 16.2. The summed E-state index contributed by atoms with van der Waals surface area (Å²) in [5, 5.41) is 0. The van der Waals surface area contributed by atoms with Crippen LogP contribution >= 0.6 is 0 Å². The molecule has 0 unspecified atom stereocenters. The van der Waals surface area contributed by atoms with Crippen LogP contribution in [0, 0.1) is 0 Å². The molecule has 1 aliphatic rings. The maximum atomic E-state index is 6.01. The first kappa shape index (κ1) is 18.4. The van der Waals surface area contributed by atoms with E-state index >= 15 is 0 Å². The van der Waals surface area contributed by atoms with Gasteiger partial charge in [-0.15, -0.1) is 0 Å². The highest BCUT2D eigenvalue weighted by Crippen LogP contribution is 2.40. The van der Waals surface area contributed by atoms with E-state index in [1.54, 1.807) is 21.3 Å². The van der Waals surface area contributed by atoms with Crippen molar-refractivity contribution in [2.45, 2.75) is 26.4 Å². The molecule has 2 aromatic carbocycles. The predicted octanol–water partition coefficient (Wildman–Crippen LogP) is 3.98. The maximum Gasteiger partial charge on any atom is 0.165 e. The Bertz CT molecular complexity index is 773. The molecular weight excluding hydrogens is 330 g/mol. The van der Waals surface area contributed by atoms with E-state index in [0.29, 0.717) is 24.1 Å². The van der Waals surface area contributed by atoms with Crippen LogP contribution in [0.5, 0.6) is 23.0 Å². The summed E-state index contributed by atoms with van der Waals surface area (Å²) in [4.78, 5) is 2.41. The fourth-order valence-corrected chi connectivity index (χ4v) is 3.28. The first-order valence-electron chi connectivity index (χ1n) is 8.87. The summed E-state index contributed by atoms with van der Waals surface area (Å²) in [7, 11) is 4.97. The number of ether oxygens (including phenoxy) is 4. The van der Waals surface area contributed by atoms with Crippen molar-refractivity contribution in [3.8, 4) is 34.1 Å². The van der Waals surface area contributed by atoms with Gasteiger partial charge in [-0.3, -0.25) is 4.90 Å². The number of rotatable bonds is 5.